The second kappa shape index (κ2) is 5.27. The average molecular weight is 266 g/mol. The zero-order chi connectivity index (χ0) is 13.3. The number of nitrogens with zero attached hydrogens (tertiary/aromatic N) is 3. The molecule has 4 heteroatoms. The van der Waals surface area contributed by atoms with Crippen LogP contribution in [0, 0.1) is 0 Å². The van der Waals surface area contributed by atoms with Crippen molar-refractivity contribution < 1.29 is 0 Å². The van der Waals surface area contributed by atoms with Gasteiger partial charge in [0.2, 0.25) is 0 Å². The van der Waals surface area contributed by atoms with Crippen LogP contribution in [-0.4, -0.2) is 14.6 Å². The number of pyridine rings is 1. The highest BCUT2D eigenvalue weighted by atomic mass is 35.5. The normalized spacial score (nSPS) is 11.9. The van der Waals surface area contributed by atoms with Gasteiger partial charge in [0.15, 0.2) is 11.5 Å². The summed E-state index contributed by atoms with van der Waals surface area (Å²) in [6.45, 7) is 8.64. The van der Waals surface area contributed by atoms with E-state index in [1.165, 1.54) is 5.56 Å². The van der Waals surface area contributed by atoms with Gasteiger partial charge in [0.1, 0.15) is 5.15 Å². The maximum absolute atomic E-state index is 6.27. The first-order valence-corrected chi connectivity index (χ1v) is 7.00. The summed E-state index contributed by atoms with van der Waals surface area (Å²) in [6, 6.07) is 4.06. The summed E-state index contributed by atoms with van der Waals surface area (Å²) >= 11 is 6.27. The van der Waals surface area contributed by atoms with Crippen LogP contribution >= 0.6 is 11.6 Å². The second-order valence-electron chi connectivity index (χ2n) is 5.02. The van der Waals surface area contributed by atoms with Crippen molar-refractivity contribution in [1.82, 2.24) is 14.6 Å². The van der Waals surface area contributed by atoms with Crippen molar-refractivity contribution in [3.63, 3.8) is 0 Å². The molecule has 0 aliphatic carbocycles. The Morgan fingerprint density at radius 3 is 2.44 bits per heavy atom. The summed E-state index contributed by atoms with van der Waals surface area (Å²) in [6.07, 6.45) is 2.12. The molecule has 0 bridgehead atoms. The van der Waals surface area contributed by atoms with E-state index in [1.54, 1.807) is 4.52 Å². The van der Waals surface area contributed by atoms with Gasteiger partial charge in [-0.15, -0.1) is 5.10 Å². The molecule has 0 aromatic carbocycles. The Hall–Kier alpha value is -1.09. The summed E-state index contributed by atoms with van der Waals surface area (Å²) in [5.41, 5.74) is 2.06. The summed E-state index contributed by atoms with van der Waals surface area (Å²) in [7, 11) is 0. The van der Waals surface area contributed by atoms with Gasteiger partial charge in [-0.05, 0) is 36.5 Å². The maximum Gasteiger partial charge on any atom is 0.157 e. The van der Waals surface area contributed by atoms with Gasteiger partial charge in [-0.3, -0.25) is 0 Å². The topological polar surface area (TPSA) is 30.2 Å². The van der Waals surface area contributed by atoms with E-state index in [1.807, 2.05) is 6.07 Å². The molecular weight excluding hydrogens is 246 g/mol. The zero-order valence-corrected chi connectivity index (χ0v) is 12.2. The van der Waals surface area contributed by atoms with Crippen molar-refractivity contribution >= 4 is 17.2 Å². The van der Waals surface area contributed by atoms with E-state index in [0.717, 1.165) is 24.3 Å². The van der Waals surface area contributed by atoms with Gasteiger partial charge in [0, 0.05) is 5.92 Å². The minimum Gasteiger partial charge on any atom is -0.212 e. The zero-order valence-electron chi connectivity index (χ0n) is 11.4. The summed E-state index contributed by atoms with van der Waals surface area (Å²) in [5, 5.41) is 5.17. The minimum absolute atomic E-state index is 0.420. The van der Waals surface area contributed by atoms with Crippen LogP contribution in [0.1, 0.15) is 63.8 Å². The number of aromatic nitrogens is 3. The van der Waals surface area contributed by atoms with Crippen molar-refractivity contribution in [1.29, 1.82) is 0 Å². The molecule has 2 heterocycles. The van der Waals surface area contributed by atoms with E-state index < -0.39 is 0 Å². The fourth-order valence-electron chi connectivity index (χ4n) is 2.14. The van der Waals surface area contributed by atoms with Crippen molar-refractivity contribution in [3.05, 3.63) is 28.7 Å². The van der Waals surface area contributed by atoms with Crippen molar-refractivity contribution in [2.45, 2.75) is 52.4 Å². The molecule has 98 valence electrons. The maximum atomic E-state index is 6.27. The molecule has 0 unspecified atom stereocenters. The van der Waals surface area contributed by atoms with Gasteiger partial charge in [-0.1, -0.05) is 39.3 Å². The molecular formula is C14H20ClN3. The lowest BCUT2D eigenvalue weighted by Gasteiger charge is -2.06. The van der Waals surface area contributed by atoms with Crippen molar-refractivity contribution in [3.8, 4) is 0 Å². The largest absolute Gasteiger partial charge is 0.212 e. The Morgan fingerprint density at radius 2 is 1.89 bits per heavy atom. The summed E-state index contributed by atoms with van der Waals surface area (Å²) in [4.78, 5) is 4.63. The van der Waals surface area contributed by atoms with Gasteiger partial charge < -0.3 is 0 Å². The van der Waals surface area contributed by atoms with Crippen LogP contribution in [-0.2, 0) is 0 Å². The third-order valence-electron chi connectivity index (χ3n) is 3.45. The molecule has 0 fully saturated rings. The first-order valence-electron chi connectivity index (χ1n) is 6.62. The molecule has 0 aliphatic heterocycles. The van der Waals surface area contributed by atoms with Gasteiger partial charge in [0.25, 0.3) is 0 Å². The van der Waals surface area contributed by atoms with Gasteiger partial charge in [-0.2, -0.15) is 0 Å². The Balaban J connectivity index is 2.53. The molecule has 0 radical (unpaired) electrons. The second-order valence-corrected chi connectivity index (χ2v) is 5.41. The van der Waals surface area contributed by atoms with Crippen molar-refractivity contribution in [2.75, 3.05) is 0 Å². The molecule has 0 saturated heterocycles. The van der Waals surface area contributed by atoms with E-state index in [-0.39, 0.29) is 0 Å². The molecule has 2 aromatic heterocycles. The van der Waals surface area contributed by atoms with E-state index >= 15 is 0 Å². The molecule has 18 heavy (non-hydrogen) atoms. The minimum atomic E-state index is 0.420. The monoisotopic (exact) mass is 265 g/mol. The quantitative estimate of drug-likeness (QED) is 0.767. The van der Waals surface area contributed by atoms with Crippen LogP contribution in [0.15, 0.2) is 12.1 Å². The molecule has 2 aromatic rings. The predicted molar refractivity (Wildman–Crippen MR) is 75.4 cm³/mol. The number of hydrogen-bond acceptors (Lipinski definition) is 2. The molecule has 0 atom stereocenters. The first-order chi connectivity index (χ1) is 8.56. The number of halogens is 1. The molecule has 0 spiro atoms. The predicted octanol–water partition coefficient (Wildman–Crippen LogP) is 4.41. The first kappa shape index (κ1) is 13.3. The van der Waals surface area contributed by atoms with Gasteiger partial charge in [0.05, 0.1) is 0 Å². The Labute approximate surface area is 113 Å². The Bertz CT molecular complexity index is 541. The van der Waals surface area contributed by atoms with Crippen LogP contribution in [0.2, 0.25) is 5.15 Å². The number of fused-ring (bicyclic) bond motifs is 1. The SMILES string of the molecule is CCC(CC)c1nc2cc(C(C)C)cc(Cl)n2n1. The number of hydrogen-bond donors (Lipinski definition) is 0. The third kappa shape index (κ3) is 2.37. The highest BCUT2D eigenvalue weighted by molar-refractivity contribution is 6.29. The van der Waals surface area contributed by atoms with Gasteiger partial charge >= 0.3 is 0 Å². The summed E-state index contributed by atoms with van der Waals surface area (Å²) < 4.78 is 1.74. The Kier molecular flexibility index (Phi) is 3.91. The van der Waals surface area contributed by atoms with Crippen LogP contribution in [0.5, 0.6) is 0 Å². The lowest BCUT2D eigenvalue weighted by molar-refractivity contribution is 0.601. The van der Waals surface area contributed by atoms with Crippen LogP contribution in [0.3, 0.4) is 0 Å². The fraction of sp³-hybridized carbons (Fsp3) is 0.571. The molecule has 0 saturated carbocycles. The third-order valence-corrected chi connectivity index (χ3v) is 3.72. The van der Waals surface area contributed by atoms with E-state index in [4.69, 9.17) is 11.6 Å². The fourth-order valence-corrected chi connectivity index (χ4v) is 2.39. The standard InChI is InChI=1S/C14H20ClN3/c1-5-10(6-2)14-16-13-8-11(9(3)4)7-12(15)18(13)17-14/h7-10H,5-6H2,1-4H3. The average Bonchev–Trinajstić information content (AvgIpc) is 2.74. The highest BCUT2D eigenvalue weighted by Crippen LogP contribution is 2.24. The van der Waals surface area contributed by atoms with E-state index in [9.17, 15) is 0 Å². The van der Waals surface area contributed by atoms with Crippen LogP contribution < -0.4 is 0 Å². The van der Waals surface area contributed by atoms with E-state index in [2.05, 4.69) is 43.8 Å². The van der Waals surface area contributed by atoms with Gasteiger partial charge in [-0.25, -0.2) is 9.50 Å². The molecule has 0 N–H and O–H groups in total. The molecule has 3 nitrogen and oxygen atoms in total. The Morgan fingerprint density at radius 1 is 1.22 bits per heavy atom. The lowest BCUT2D eigenvalue weighted by atomic mass is 10.0. The lowest BCUT2D eigenvalue weighted by Crippen LogP contribution is -1.99. The highest BCUT2D eigenvalue weighted by Gasteiger charge is 2.15. The van der Waals surface area contributed by atoms with Crippen molar-refractivity contribution in [2.24, 2.45) is 0 Å². The molecule has 0 aliphatic rings. The molecule has 0 amide bonds. The van der Waals surface area contributed by atoms with Crippen LogP contribution in [0.4, 0.5) is 0 Å². The smallest absolute Gasteiger partial charge is 0.157 e. The van der Waals surface area contributed by atoms with E-state index in [0.29, 0.717) is 17.0 Å². The molecule has 2 rings (SSSR count). The number of rotatable bonds is 4. The van der Waals surface area contributed by atoms with Crippen LogP contribution in [0.25, 0.3) is 5.65 Å². The summed E-state index contributed by atoms with van der Waals surface area (Å²) in [5.74, 6) is 1.77.